The second-order valence-electron chi connectivity index (χ2n) is 27.8. The van der Waals surface area contributed by atoms with Crippen molar-refractivity contribution in [2.24, 2.45) is 0 Å². The molecule has 0 saturated carbocycles. The third-order valence-corrected chi connectivity index (χ3v) is 73.8. The van der Waals surface area contributed by atoms with Gasteiger partial charge in [-0.25, -0.2) is 0 Å². The number of benzene rings is 14. The van der Waals surface area contributed by atoms with Gasteiger partial charge in [0.15, 0.2) is 0 Å². The van der Waals surface area contributed by atoms with Crippen molar-refractivity contribution in [3.63, 3.8) is 0 Å². The van der Waals surface area contributed by atoms with Crippen LogP contribution < -0.4 is 0 Å². The van der Waals surface area contributed by atoms with E-state index < -0.39 is 21.5 Å². The van der Waals surface area contributed by atoms with Gasteiger partial charge in [-0.1, -0.05) is 0 Å². The molecule has 0 aliphatic heterocycles. The number of rotatable bonds is 19. The molecular weight excluding hydrogens is 1270 g/mol. The molecule has 0 amide bonds. The molecule has 0 heterocycles. The van der Waals surface area contributed by atoms with Gasteiger partial charge in [-0.05, 0) is 0 Å². The van der Waals surface area contributed by atoms with Gasteiger partial charge in [-0.2, -0.15) is 0 Å². The normalized spacial score (nSPS) is 15.2. The van der Waals surface area contributed by atoms with E-state index in [9.17, 15) is 17.0 Å². The number of hydrogen-bond donors (Lipinski definition) is 0. The zero-order valence-corrected chi connectivity index (χ0v) is 59.8. The molecule has 2 atom stereocenters. The summed E-state index contributed by atoms with van der Waals surface area (Å²) in [7, 11) is 20.5. The Balaban J connectivity index is 1.07. The fraction of sp³-hybridized carbons (Fsp3) is 0.200. The molecule has 2 unspecified atom stereocenters. The Bertz CT molecular complexity index is 4870. The molecule has 0 nitrogen and oxygen atoms in total. The average molecular weight is 1350 g/mol. The quantitative estimate of drug-likeness (QED) is 0.0430. The third-order valence-electron chi connectivity index (χ3n) is 22.1. The predicted octanol–water partition coefficient (Wildman–Crippen LogP) is 27.9. The van der Waals surface area contributed by atoms with E-state index in [0.717, 1.165) is 25.7 Å². The van der Waals surface area contributed by atoms with Crippen molar-refractivity contribution in [2.45, 2.75) is 111 Å². The number of halogens is 2. The van der Waals surface area contributed by atoms with Gasteiger partial charge in [0.25, 0.3) is 0 Å². The molecule has 0 aromatic heterocycles. The molecule has 14 aromatic rings. The Morgan fingerprint density at radius 1 is 0.298 bits per heavy atom. The molecule has 14 aromatic carbocycles. The van der Waals surface area contributed by atoms with Gasteiger partial charge < -0.3 is 0 Å². The average Bonchev–Trinajstić information content (AvgIpc) is 1.49. The van der Waals surface area contributed by atoms with Crippen molar-refractivity contribution in [1.82, 2.24) is 0 Å². The maximum absolute atomic E-state index is 10.2. The first-order valence-corrected chi connectivity index (χ1v) is 51.4. The van der Waals surface area contributed by atoms with Crippen LogP contribution in [-0.2, 0) is 15.6 Å². The fourth-order valence-corrected chi connectivity index (χ4v) is 48.8. The van der Waals surface area contributed by atoms with Crippen molar-refractivity contribution >= 4 is 121 Å². The molecule has 2 aliphatic carbocycles. The van der Waals surface area contributed by atoms with E-state index in [1.807, 2.05) is 0 Å². The van der Waals surface area contributed by atoms with Crippen LogP contribution in [0.15, 0.2) is 254 Å². The second kappa shape index (κ2) is 25.1. The van der Waals surface area contributed by atoms with Crippen LogP contribution in [0.25, 0.3) is 143 Å². The fourth-order valence-electron chi connectivity index (χ4n) is 17.6. The van der Waals surface area contributed by atoms with Crippen LogP contribution in [0.5, 0.6) is 0 Å². The van der Waals surface area contributed by atoms with Gasteiger partial charge in [0, 0.05) is 0 Å². The van der Waals surface area contributed by atoms with E-state index >= 15 is 0 Å². The molecule has 463 valence electrons. The third kappa shape index (κ3) is 10.1. The summed E-state index contributed by atoms with van der Waals surface area (Å²) in [6.07, 6.45) is 19.1. The van der Waals surface area contributed by atoms with E-state index in [2.05, 4.69) is 282 Å². The number of hydrogen-bond acceptors (Lipinski definition) is 0. The van der Waals surface area contributed by atoms with Gasteiger partial charge in [-0.15, -0.1) is 0 Å². The summed E-state index contributed by atoms with van der Waals surface area (Å²) in [5.74, 6) is -2.23. The van der Waals surface area contributed by atoms with Crippen molar-refractivity contribution in [2.75, 3.05) is 0 Å². The summed E-state index contributed by atoms with van der Waals surface area (Å²) in [6.45, 7) is 9.87. The molecule has 0 bridgehead atoms. The molecule has 0 saturated heterocycles. The molecular formula is C90H81Cl2SiZr. The Labute approximate surface area is 563 Å². The first kappa shape index (κ1) is 61.2. The SMILES string of the molecule is CCCCCCCC1=Cc2c(-c3c4ccccc4cc4ccccc34)ccc(-c3c4ccccc4cc4ccccc34)c2[CH]1[Zr]([Cl])([Cl])([CH]1C(CCCCCCC)=Cc2c(-c3c4ccccc4cc4ccccc34)ccc(-c3c4ccccc4cc4ccccc34)c21)[SiH](C)C. The molecule has 94 heavy (non-hydrogen) atoms. The minimum absolute atomic E-state index is 0.204. The maximum atomic E-state index is 10.2. The number of fused-ring (bicyclic) bond motifs is 10. The minimum atomic E-state index is -5.97. The Morgan fingerprint density at radius 2 is 0.532 bits per heavy atom. The monoisotopic (exact) mass is 1350 g/mol. The summed E-state index contributed by atoms with van der Waals surface area (Å²) >= 11 is -5.97. The molecule has 2 aliphatic rings. The van der Waals surface area contributed by atoms with E-state index in [4.69, 9.17) is 0 Å². The Morgan fingerprint density at radius 3 is 0.787 bits per heavy atom. The van der Waals surface area contributed by atoms with E-state index in [1.54, 1.807) is 0 Å². The van der Waals surface area contributed by atoms with Crippen LogP contribution in [0.1, 0.15) is 120 Å². The van der Waals surface area contributed by atoms with Gasteiger partial charge in [0.1, 0.15) is 0 Å². The number of allylic oxidation sites excluding steroid dienone is 2. The second-order valence-corrected chi connectivity index (χ2v) is 70.3. The van der Waals surface area contributed by atoms with Gasteiger partial charge in [-0.3, -0.25) is 0 Å². The molecule has 4 heteroatoms. The van der Waals surface area contributed by atoms with Crippen LogP contribution >= 0.6 is 17.0 Å². The Kier molecular flexibility index (Phi) is 16.4. The molecule has 0 spiro atoms. The summed E-state index contributed by atoms with van der Waals surface area (Å²) in [5, 5.41) is 20.1. The van der Waals surface area contributed by atoms with Crippen molar-refractivity contribution in [3.05, 3.63) is 276 Å². The predicted molar refractivity (Wildman–Crippen MR) is 413 cm³/mol. The Hall–Kier alpha value is -7.68. The van der Waals surface area contributed by atoms with Crippen molar-refractivity contribution in [3.8, 4) is 44.5 Å². The van der Waals surface area contributed by atoms with Crippen LogP contribution in [-0.4, -0.2) is 5.92 Å². The standard InChI is InChI=1S/2C44H37.C2H7Si.2ClH.Zr/c2*1-2-3-4-5-6-15-30-26-41-39(43-35-20-11-7-16-31(35)28-32-17-8-12-21-36(32)43)24-25-40(42(41)27-30)44-37-22-13-9-18-33(37)29-34-19-10-14-23-38(34)44;1-3-2;;;/h2*7-14,16-29H,2-6,15H2,1H3;3H,1-2H3;2*1H;/q;;;;;+2/p-2. The van der Waals surface area contributed by atoms with Crippen molar-refractivity contribution < 1.29 is 15.6 Å². The van der Waals surface area contributed by atoms with E-state index in [-0.39, 0.29) is 7.25 Å². The summed E-state index contributed by atoms with van der Waals surface area (Å²) in [6, 6.07) is 92.6. The van der Waals surface area contributed by atoms with Crippen LogP contribution in [0.3, 0.4) is 0 Å². The first-order chi connectivity index (χ1) is 46.1. The van der Waals surface area contributed by atoms with Gasteiger partial charge >= 0.3 is 569 Å². The summed E-state index contributed by atoms with van der Waals surface area (Å²) in [5.41, 5.74) is 18.5. The van der Waals surface area contributed by atoms with Crippen LogP contribution in [0.4, 0.5) is 0 Å². The van der Waals surface area contributed by atoms with Crippen LogP contribution in [0.2, 0.25) is 13.1 Å². The first-order valence-electron chi connectivity index (χ1n) is 35.1. The zero-order valence-electron chi connectivity index (χ0n) is 54.7. The molecule has 0 fully saturated rings. The van der Waals surface area contributed by atoms with Crippen LogP contribution in [0, 0.1) is 0 Å². The number of unbranched alkanes of at least 4 members (excludes halogenated alkanes) is 8. The molecule has 0 radical (unpaired) electrons. The summed E-state index contributed by atoms with van der Waals surface area (Å²) in [4.78, 5) is 0. The zero-order chi connectivity index (χ0) is 63.7. The van der Waals surface area contributed by atoms with E-state index in [0.29, 0.717) is 0 Å². The van der Waals surface area contributed by atoms with Gasteiger partial charge in [0.05, 0.1) is 0 Å². The summed E-state index contributed by atoms with van der Waals surface area (Å²) < 4.78 is -0.407. The topological polar surface area (TPSA) is 0 Å². The van der Waals surface area contributed by atoms with E-state index in [1.165, 1.54) is 215 Å². The van der Waals surface area contributed by atoms with Gasteiger partial charge in [0.2, 0.25) is 0 Å². The molecule has 0 N–H and O–H groups in total. The van der Waals surface area contributed by atoms with Crippen molar-refractivity contribution in [1.29, 1.82) is 0 Å². The molecule has 16 rings (SSSR count).